The number of hydrogen-bond acceptors (Lipinski definition) is 24. The van der Waals surface area contributed by atoms with Gasteiger partial charge in [-0.25, -0.2) is 0 Å². The number of likely N-dealkylation sites (N-methyl/N-ethyl adjacent to an activating group) is 1. The van der Waals surface area contributed by atoms with Crippen LogP contribution in [0.4, 0.5) is 0 Å². The molecule has 2 heterocycles. The zero-order valence-electron chi connectivity index (χ0n) is 54.1. The molecule has 88 heavy (non-hydrogen) atoms. The summed E-state index contributed by atoms with van der Waals surface area (Å²) < 4.78 is 11.3. The first-order valence-electron chi connectivity index (χ1n) is 31.9. The van der Waals surface area contributed by atoms with Gasteiger partial charge in [-0.3, -0.25) is 9.59 Å². The monoisotopic (exact) mass is 1270 g/mol. The normalized spacial score (nSPS) is 29.2. The molecule has 0 aromatic carbocycles. The maximum Gasteiger partial charge on any atom is 0.261 e. The van der Waals surface area contributed by atoms with E-state index < -0.39 is 207 Å². The molecular formula is C63H117NO24. The number of allylic oxidation sites excluding steroid dienone is 2. The van der Waals surface area contributed by atoms with Gasteiger partial charge in [0.25, 0.3) is 5.91 Å². The van der Waals surface area contributed by atoms with Crippen LogP contribution in [0.3, 0.4) is 0 Å². The maximum atomic E-state index is 12.6. The lowest BCUT2D eigenvalue weighted by molar-refractivity contribution is -0.364. The fraction of sp³-hybridized carbons (Fsp3) is 0.905. The van der Waals surface area contributed by atoms with Crippen LogP contribution in [0.25, 0.3) is 0 Å². The second kappa shape index (κ2) is 38.1. The first kappa shape index (κ1) is 81.7. The van der Waals surface area contributed by atoms with Crippen LogP contribution in [-0.2, 0) is 19.1 Å². The van der Waals surface area contributed by atoms with E-state index >= 15 is 0 Å². The van der Waals surface area contributed by atoms with Crippen LogP contribution in [-0.4, -0.2) is 267 Å². The first-order valence-corrected chi connectivity index (χ1v) is 31.9. The molecule has 2 fully saturated rings. The molecule has 0 aromatic heterocycles. The van der Waals surface area contributed by atoms with Gasteiger partial charge in [-0.05, 0) is 69.8 Å². The summed E-state index contributed by atoms with van der Waals surface area (Å²) in [6.07, 6.45) is -26.6. The van der Waals surface area contributed by atoms with Gasteiger partial charge in [-0.2, -0.15) is 0 Å². The van der Waals surface area contributed by atoms with Crippen LogP contribution in [0, 0.1) is 41.4 Å². The molecule has 29 atom stereocenters. The number of Topliss-reactive ketones (excluding diaryl/α,β-unsaturated/α-hetero) is 1. The van der Waals surface area contributed by atoms with E-state index in [-0.39, 0.29) is 36.7 Å². The molecule has 0 bridgehead atoms. The molecule has 0 aromatic rings. The van der Waals surface area contributed by atoms with E-state index in [1.165, 1.54) is 46.6 Å². The van der Waals surface area contributed by atoms with Gasteiger partial charge in [-0.15, -0.1) is 0 Å². The highest BCUT2D eigenvalue weighted by Crippen LogP contribution is 2.38. The van der Waals surface area contributed by atoms with Gasteiger partial charge >= 0.3 is 0 Å². The van der Waals surface area contributed by atoms with E-state index in [4.69, 9.17) is 9.47 Å². The summed E-state index contributed by atoms with van der Waals surface area (Å²) in [6, 6.07) is -0.693. The molecule has 0 unspecified atom stereocenters. The van der Waals surface area contributed by atoms with Gasteiger partial charge in [0.2, 0.25) is 0 Å². The average molecular weight is 1270 g/mol. The molecule has 2 aliphatic heterocycles. The number of unbranched alkanes of at least 4 members (excludes halogenated alkanes) is 6. The summed E-state index contributed by atoms with van der Waals surface area (Å²) >= 11 is 0. The number of nitrogens with zero attached hydrogens (tertiary/aromatic N) is 1. The number of amides is 1. The highest BCUT2D eigenvalue weighted by atomic mass is 16.7. The van der Waals surface area contributed by atoms with E-state index in [1.807, 2.05) is 13.8 Å². The highest BCUT2D eigenvalue weighted by molar-refractivity contribution is 6.26. The van der Waals surface area contributed by atoms with Crippen LogP contribution in [0.2, 0.25) is 0 Å². The molecule has 20 N–H and O–H groups in total. The summed E-state index contributed by atoms with van der Waals surface area (Å²) in [4.78, 5) is 26.4. The van der Waals surface area contributed by atoms with Gasteiger partial charge in [0.15, 0.2) is 11.6 Å². The number of likely N-dealkylation sites (tertiary alicyclic amines) is 1. The predicted molar refractivity (Wildman–Crippen MR) is 323 cm³/mol. The molecular weight excluding hydrogens is 1150 g/mol. The topological polar surface area (TPSA) is 460 Å². The first-order chi connectivity index (χ1) is 40.8. The van der Waals surface area contributed by atoms with Crippen molar-refractivity contribution < 1.29 is 121 Å². The minimum atomic E-state index is -2.28. The fourth-order valence-corrected chi connectivity index (χ4v) is 12.6. The smallest absolute Gasteiger partial charge is 0.261 e. The third-order valence-electron chi connectivity index (χ3n) is 19.2. The van der Waals surface area contributed by atoms with Crippen molar-refractivity contribution in [1.29, 1.82) is 0 Å². The number of methoxy groups -OCH3 is 1. The minimum absolute atomic E-state index is 0.114. The van der Waals surface area contributed by atoms with Crippen LogP contribution >= 0.6 is 0 Å². The van der Waals surface area contributed by atoms with Crippen LogP contribution in [0.1, 0.15) is 172 Å². The van der Waals surface area contributed by atoms with Gasteiger partial charge in [0, 0.05) is 63.0 Å². The molecule has 25 nitrogen and oxygen atoms in total. The van der Waals surface area contributed by atoms with Crippen LogP contribution in [0.5, 0.6) is 0 Å². The maximum absolute atomic E-state index is 12.6. The van der Waals surface area contributed by atoms with Crippen LogP contribution in [0.15, 0.2) is 23.0 Å². The predicted octanol–water partition coefficient (Wildman–Crippen LogP) is -0.513. The van der Waals surface area contributed by atoms with Crippen molar-refractivity contribution in [3.05, 3.63) is 23.0 Å². The van der Waals surface area contributed by atoms with Gasteiger partial charge < -0.3 is 117 Å². The molecule has 0 saturated carbocycles. The number of aliphatic hydroxyl groups is 20. The van der Waals surface area contributed by atoms with E-state index in [0.29, 0.717) is 24.8 Å². The molecule has 2 saturated heterocycles. The Morgan fingerprint density at radius 2 is 1.01 bits per heavy atom. The Kier molecular flexibility index (Phi) is 35.3. The summed E-state index contributed by atoms with van der Waals surface area (Å²) in [6.45, 7) is 16.4. The number of ether oxygens (including phenoxy) is 2. The van der Waals surface area contributed by atoms with Crippen molar-refractivity contribution in [2.24, 2.45) is 41.4 Å². The third kappa shape index (κ3) is 23.0. The molecule has 0 spiro atoms. The number of hydrogen-bond donors (Lipinski definition) is 20. The van der Waals surface area contributed by atoms with Gasteiger partial charge in [-0.1, -0.05) is 106 Å². The van der Waals surface area contributed by atoms with Crippen molar-refractivity contribution in [2.45, 2.75) is 306 Å². The summed E-state index contributed by atoms with van der Waals surface area (Å²) in [5.74, 6) is -8.75. The molecule has 2 aliphatic rings. The number of rotatable bonds is 42. The summed E-state index contributed by atoms with van der Waals surface area (Å²) in [5, 5.41) is 219. The van der Waals surface area contributed by atoms with Crippen molar-refractivity contribution in [3.8, 4) is 0 Å². The SMILES string of the molecule is CCCCCCCCC[C@@H](O)C[C@]1(OC)O[C@H](C[C@@H](O)[C@H](O)[C@@H](O)[C@H](O)[C@@H](O)C[C@@H](O)C[C@@H](O)C[C@@H](O)[C@H](C)[C@@H](O)[C@@H](C)[C@@H](O)C[C@@H](O)[C@H](C)[C@@H](O)[C@@H](C)[C@@H](O)[C@H](C)[C@H](O)[C@@H](O)C[C@H](C)C[C@H](C)/C=C(C)/C(O)=C2/C(=O)[C@@H](C)N(C)C2=O)[C@@H](O)[C@H](O)[C@@H]1O. The van der Waals surface area contributed by atoms with Crippen molar-refractivity contribution in [2.75, 3.05) is 14.2 Å². The third-order valence-corrected chi connectivity index (χ3v) is 19.2. The number of ketones is 1. The number of carbonyl (C=O) groups is 2. The van der Waals surface area contributed by atoms with E-state index in [1.54, 1.807) is 19.9 Å². The Labute approximate surface area is 520 Å². The number of carbonyl (C=O) groups excluding carboxylic acids is 2. The quantitative estimate of drug-likeness (QED) is 0.0158. The van der Waals surface area contributed by atoms with Crippen LogP contribution < -0.4 is 0 Å². The Morgan fingerprint density at radius 3 is 1.52 bits per heavy atom. The minimum Gasteiger partial charge on any atom is -0.507 e. The lowest BCUT2D eigenvalue weighted by Gasteiger charge is -2.49. The molecule has 518 valence electrons. The lowest BCUT2D eigenvalue weighted by atomic mass is 9.77. The summed E-state index contributed by atoms with van der Waals surface area (Å²) in [7, 11) is 2.64. The second-order valence-corrected chi connectivity index (χ2v) is 26.6. The standard InChI is InChI=1S/C63H117NO24/c1-13-14-15-16-17-18-19-20-39(65)29-63(87-12)61(85)60(84)58(82)48(88-63)28-47(73)57(81)59(83)56(80)46(72)26-41(67)24-40(66)25-42(68)33(5)51(75)34(6)43(69)27-44(70)35(7)52(76)36(8)53(77)37(9)54(78)45(71)23-31(3)21-30(2)22-32(4)50(74)49-55(79)38(10)64(11)62(49)86/h22,30-31,33-48,51-54,56-61,65-78,80-85H,13-21,23-29H2,1-12H3/b32-22+,50-49+/t30-,31+,33-,34-,35-,36+,37-,38+,39+,40+,41-,42+,43-,44+,45-,46-,47+,48+,51+,52+,53+,54-,56+,57-,58+,59-,60-,61-,63-/m0/s1. The number of aliphatic hydroxyl groups excluding tert-OH is 20. The van der Waals surface area contributed by atoms with Gasteiger partial charge in [0.05, 0.1) is 91.5 Å². The van der Waals surface area contributed by atoms with Crippen molar-refractivity contribution in [3.63, 3.8) is 0 Å². The summed E-state index contributed by atoms with van der Waals surface area (Å²) in [5.41, 5.74) is 0.0764. The molecule has 2 rings (SSSR count). The average Bonchev–Trinajstić information content (AvgIpc) is 1.71. The van der Waals surface area contributed by atoms with Crippen molar-refractivity contribution >= 4 is 11.7 Å². The Balaban J connectivity index is 1.90. The van der Waals surface area contributed by atoms with E-state index in [0.717, 1.165) is 45.6 Å². The highest BCUT2D eigenvalue weighted by Gasteiger charge is 2.55. The molecule has 1 amide bonds. The van der Waals surface area contributed by atoms with E-state index in [9.17, 15) is 112 Å². The zero-order chi connectivity index (χ0) is 67.6. The zero-order valence-corrected chi connectivity index (χ0v) is 54.1. The van der Waals surface area contributed by atoms with Gasteiger partial charge in [0.1, 0.15) is 48.0 Å². The molecule has 25 heteroatoms. The Bertz CT molecular complexity index is 2070. The molecule has 0 radical (unpaired) electrons. The fourth-order valence-electron chi connectivity index (χ4n) is 12.6. The van der Waals surface area contributed by atoms with E-state index in [2.05, 4.69) is 6.92 Å². The Hall–Kier alpha value is -2.42. The van der Waals surface area contributed by atoms with Crippen molar-refractivity contribution in [1.82, 2.24) is 4.90 Å². The second-order valence-electron chi connectivity index (χ2n) is 26.6. The largest absolute Gasteiger partial charge is 0.507 e. The molecule has 0 aliphatic carbocycles. The lowest BCUT2D eigenvalue weighted by Crippen LogP contribution is -2.66. The Morgan fingerprint density at radius 1 is 0.557 bits per heavy atom.